The van der Waals surface area contributed by atoms with Crippen LogP contribution in [0, 0.1) is 0 Å². The number of anilines is 1. The van der Waals surface area contributed by atoms with Crippen LogP contribution in [0.1, 0.15) is 34.3 Å². The Morgan fingerprint density at radius 1 is 0.923 bits per heavy atom. The quantitative estimate of drug-likeness (QED) is 0.284. The van der Waals surface area contributed by atoms with Crippen LogP contribution in [0.2, 0.25) is 5.02 Å². The number of carbonyl (C=O) groups is 3. The van der Waals surface area contributed by atoms with Crippen molar-refractivity contribution in [2.45, 2.75) is 31.8 Å². The van der Waals surface area contributed by atoms with Crippen LogP contribution in [-0.2, 0) is 22.6 Å². The van der Waals surface area contributed by atoms with Crippen LogP contribution in [0.4, 0.5) is 5.69 Å². The SMILES string of the molecule is CNC(=O)[C@@H](Cc1ccccc1)N(Cc1cccc(Cl)c1)C(=O)CCCN1C(=O)c2cccc3cccc1c23. The number of nitrogens with zero attached hydrogens (tertiary/aromatic N) is 2. The highest BCUT2D eigenvalue weighted by Gasteiger charge is 2.32. The van der Waals surface area contributed by atoms with Crippen LogP contribution in [-0.4, -0.2) is 42.3 Å². The molecule has 7 heteroatoms. The summed E-state index contributed by atoms with van der Waals surface area (Å²) < 4.78 is 0. The Kier molecular flexibility index (Phi) is 7.94. The minimum absolute atomic E-state index is 0.0441. The van der Waals surface area contributed by atoms with Gasteiger partial charge >= 0.3 is 0 Å². The summed E-state index contributed by atoms with van der Waals surface area (Å²) in [6, 6.07) is 27.9. The van der Waals surface area contributed by atoms with Crippen molar-refractivity contribution in [3.63, 3.8) is 0 Å². The topological polar surface area (TPSA) is 69.7 Å². The zero-order chi connectivity index (χ0) is 27.4. The lowest BCUT2D eigenvalue weighted by Gasteiger charge is -2.31. The van der Waals surface area contributed by atoms with Gasteiger partial charge in [-0.3, -0.25) is 14.4 Å². The van der Waals surface area contributed by atoms with E-state index in [0.29, 0.717) is 30.0 Å². The number of benzene rings is 4. The predicted octanol–water partition coefficient (Wildman–Crippen LogP) is 5.62. The van der Waals surface area contributed by atoms with Crippen LogP contribution in [0.25, 0.3) is 10.8 Å². The van der Waals surface area contributed by atoms with E-state index >= 15 is 0 Å². The molecule has 4 aromatic carbocycles. The van der Waals surface area contributed by atoms with Gasteiger partial charge in [0.05, 0.1) is 5.69 Å². The highest BCUT2D eigenvalue weighted by molar-refractivity contribution is 6.30. The molecule has 0 saturated heterocycles. The van der Waals surface area contributed by atoms with Gasteiger partial charge in [0.1, 0.15) is 6.04 Å². The lowest BCUT2D eigenvalue weighted by molar-refractivity contribution is -0.141. The van der Waals surface area contributed by atoms with E-state index in [1.54, 1.807) is 22.9 Å². The fraction of sp³-hybridized carbons (Fsp3) is 0.219. The van der Waals surface area contributed by atoms with Crippen molar-refractivity contribution in [2.75, 3.05) is 18.5 Å². The minimum atomic E-state index is -0.699. The summed E-state index contributed by atoms with van der Waals surface area (Å²) in [4.78, 5) is 43.4. The van der Waals surface area contributed by atoms with E-state index in [4.69, 9.17) is 11.6 Å². The molecule has 1 atom stereocenters. The third kappa shape index (κ3) is 5.66. The Labute approximate surface area is 233 Å². The first-order chi connectivity index (χ1) is 19.0. The lowest BCUT2D eigenvalue weighted by Crippen LogP contribution is -2.49. The molecule has 0 bridgehead atoms. The maximum atomic E-state index is 13.8. The number of likely N-dealkylation sites (N-methyl/N-ethyl adjacent to an activating group) is 1. The Balaban J connectivity index is 1.35. The number of hydrogen-bond donors (Lipinski definition) is 1. The zero-order valence-corrected chi connectivity index (χ0v) is 22.5. The van der Waals surface area contributed by atoms with E-state index in [-0.39, 0.29) is 30.7 Å². The van der Waals surface area contributed by atoms with Crippen LogP contribution in [0.15, 0.2) is 91.0 Å². The molecule has 0 aromatic heterocycles. The molecule has 0 fully saturated rings. The van der Waals surface area contributed by atoms with Crippen molar-refractivity contribution in [2.24, 2.45) is 0 Å². The summed E-state index contributed by atoms with van der Waals surface area (Å²) >= 11 is 6.23. The molecule has 1 aliphatic heterocycles. The molecule has 4 aromatic rings. The molecule has 0 saturated carbocycles. The second kappa shape index (κ2) is 11.7. The highest BCUT2D eigenvalue weighted by Crippen LogP contribution is 2.37. The minimum Gasteiger partial charge on any atom is -0.357 e. The van der Waals surface area contributed by atoms with E-state index in [1.807, 2.05) is 84.9 Å². The van der Waals surface area contributed by atoms with Crippen molar-refractivity contribution < 1.29 is 14.4 Å². The fourth-order valence-electron chi connectivity index (χ4n) is 5.29. The molecule has 1 heterocycles. The molecule has 0 unspecified atom stereocenters. The van der Waals surface area contributed by atoms with Crippen LogP contribution < -0.4 is 10.2 Å². The van der Waals surface area contributed by atoms with Gasteiger partial charge in [0.2, 0.25) is 11.8 Å². The molecule has 3 amide bonds. The number of halogens is 1. The van der Waals surface area contributed by atoms with Gasteiger partial charge < -0.3 is 15.1 Å². The van der Waals surface area contributed by atoms with Gasteiger partial charge in [-0.1, -0.05) is 78.3 Å². The second-order valence-corrected chi connectivity index (χ2v) is 10.1. The Morgan fingerprint density at radius 2 is 1.64 bits per heavy atom. The normalized spacial score (nSPS) is 13.0. The number of carbonyl (C=O) groups excluding carboxylic acids is 3. The van der Waals surface area contributed by atoms with Gasteiger partial charge in [0.15, 0.2) is 0 Å². The number of amides is 3. The van der Waals surface area contributed by atoms with Crippen molar-refractivity contribution in [1.29, 1.82) is 0 Å². The van der Waals surface area contributed by atoms with E-state index in [2.05, 4.69) is 5.32 Å². The molecule has 0 aliphatic carbocycles. The number of nitrogens with one attached hydrogen (secondary N) is 1. The standard InChI is InChI=1S/C32H30ClN3O3/c1-34-31(38)28(20-22-9-3-2-4-10-22)36(21-23-11-5-14-25(33)19-23)29(37)17-8-18-35-27-16-7-13-24-12-6-15-26(30(24)27)32(35)39/h2-7,9-16,19,28H,8,17-18,20-21H2,1H3,(H,34,38)/t28-/m1/s1. The largest absolute Gasteiger partial charge is 0.357 e. The third-order valence-corrected chi connectivity index (χ3v) is 7.42. The summed E-state index contributed by atoms with van der Waals surface area (Å²) in [5.74, 6) is -0.426. The molecule has 0 spiro atoms. The van der Waals surface area contributed by atoms with Crippen molar-refractivity contribution in [1.82, 2.24) is 10.2 Å². The van der Waals surface area contributed by atoms with Gasteiger partial charge in [0.25, 0.3) is 5.91 Å². The second-order valence-electron chi connectivity index (χ2n) is 9.71. The van der Waals surface area contributed by atoms with Crippen LogP contribution in [0.3, 0.4) is 0 Å². The first-order valence-electron chi connectivity index (χ1n) is 13.1. The number of rotatable bonds is 10. The van der Waals surface area contributed by atoms with Gasteiger partial charge in [-0.2, -0.15) is 0 Å². The average molecular weight is 540 g/mol. The van der Waals surface area contributed by atoms with Gasteiger partial charge in [-0.25, -0.2) is 0 Å². The fourth-order valence-corrected chi connectivity index (χ4v) is 5.50. The Morgan fingerprint density at radius 3 is 2.38 bits per heavy atom. The molecular formula is C32H30ClN3O3. The van der Waals surface area contributed by atoms with E-state index < -0.39 is 6.04 Å². The molecule has 1 aliphatic rings. The summed E-state index contributed by atoms with van der Waals surface area (Å²) in [6.07, 6.45) is 1.04. The smallest absolute Gasteiger partial charge is 0.258 e. The molecule has 39 heavy (non-hydrogen) atoms. The molecular weight excluding hydrogens is 510 g/mol. The zero-order valence-electron chi connectivity index (χ0n) is 21.8. The third-order valence-electron chi connectivity index (χ3n) is 7.18. The summed E-state index contributed by atoms with van der Waals surface area (Å²) in [5, 5.41) is 5.29. The lowest BCUT2D eigenvalue weighted by atomic mass is 10.0. The molecule has 198 valence electrons. The first-order valence-corrected chi connectivity index (χ1v) is 13.5. The highest BCUT2D eigenvalue weighted by atomic mass is 35.5. The average Bonchev–Trinajstić information content (AvgIpc) is 3.23. The molecule has 0 radical (unpaired) electrons. The molecule has 6 nitrogen and oxygen atoms in total. The van der Waals surface area contributed by atoms with E-state index in [0.717, 1.165) is 27.6 Å². The maximum Gasteiger partial charge on any atom is 0.258 e. The summed E-state index contributed by atoms with van der Waals surface area (Å²) in [6.45, 7) is 0.657. The van der Waals surface area contributed by atoms with Gasteiger partial charge in [0, 0.05) is 49.0 Å². The van der Waals surface area contributed by atoms with Gasteiger partial charge in [-0.15, -0.1) is 0 Å². The summed E-state index contributed by atoms with van der Waals surface area (Å²) in [7, 11) is 1.58. The van der Waals surface area contributed by atoms with Crippen LogP contribution >= 0.6 is 11.6 Å². The van der Waals surface area contributed by atoms with Gasteiger partial charge in [-0.05, 0) is 47.2 Å². The van der Waals surface area contributed by atoms with Crippen molar-refractivity contribution in [3.8, 4) is 0 Å². The molecule has 5 rings (SSSR count). The maximum absolute atomic E-state index is 13.8. The number of hydrogen-bond acceptors (Lipinski definition) is 3. The van der Waals surface area contributed by atoms with E-state index in [1.165, 1.54) is 0 Å². The first kappa shape index (κ1) is 26.4. The predicted molar refractivity (Wildman–Crippen MR) is 155 cm³/mol. The van der Waals surface area contributed by atoms with E-state index in [9.17, 15) is 14.4 Å². The van der Waals surface area contributed by atoms with Crippen molar-refractivity contribution in [3.05, 3.63) is 113 Å². The van der Waals surface area contributed by atoms with Crippen molar-refractivity contribution >= 4 is 45.8 Å². The summed E-state index contributed by atoms with van der Waals surface area (Å²) in [5.41, 5.74) is 3.38. The molecule has 1 N–H and O–H groups in total. The Bertz CT molecular complexity index is 1520. The Hall–Kier alpha value is -4.16. The van der Waals surface area contributed by atoms with Crippen LogP contribution in [0.5, 0.6) is 0 Å². The monoisotopic (exact) mass is 539 g/mol.